The molecule has 9 heteroatoms. The average Bonchev–Trinajstić information content (AvgIpc) is 2.83. The molecule has 1 saturated carbocycles. The molecule has 0 radical (unpaired) electrons. The van der Waals surface area contributed by atoms with Crippen molar-refractivity contribution in [1.82, 2.24) is 9.80 Å². The number of aliphatic hydroxyl groups is 1. The van der Waals surface area contributed by atoms with Crippen LogP contribution < -0.4 is 4.74 Å². The van der Waals surface area contributed by atoms with E-state index in [2.05, 4.69) is 16.8 Å². The number of nitrogens with zero attached hydrogens (tertiary/aromatic N) is 2. The van der Waals surface area contributed by atoms with Gasteiger partial charge in [-0.15, -0.1) is 24.8 Å². The maximum Gasteiger partial charge on any atom is 0.416 e. The molecular formula is C27H37Cl2F3N2O2. The van der Waals surface area contributed by atoms with E-state index in [4.69, 9.17) is 4.74 Å². The summed E-state index contributed by atoms with van der Waals surface area (Å²) in [6.07, 6.45) is 0.437. The lowest BCUT2D eigenvalue weighted by Gasteiger charge is -2.43. The highest BCUT2D eigenvalue weighted by Gasteiger charge is 2.40. The van der Waals surface area contributed by atoms with E-state index in [0.717, 1.165) is 76.5 Å². The summed E-state index contributed by atoms with van der Waals surface area (Å²) in [5, 5.41) is 11.6. The Morgan fingerprint density at radius 3 is 2.14 bits per heavy atom. The fourth-order valence-electron chi connectivity index (χ4n) is 5.27. The molecule has 4 rings (SSSR count). The summed E-state index contributed by atoms with van der Waals surface area (Å²) in [5.41, 5.74) is -0.219. The van der Waals surface area contributed by atoms with Crippen molar-refractivity contribution in [1.29, 1.82) is 0 Å². The molecule has 1 aliphatic carbocycles. The molecule has 2 aromatic rings. The van der Waals surface area contributed by atoms with E-state index in [9.17, 15) is 18.3 Å². The minimum Gasteiger partial charge on any atom is -0.489 e. The van der Waals surface area contributed by atoms with E-state index >= 15 is 0 Å². The summed E-state index contributed by atoms with van der Waals surface area (Å²) in [4.78, 5) is 4.76. The molecule has 202 valence electrons. The Labute approximate surface area is 224 Å². The van der Waals surface area contributed by atoms with Gasteiger partial charge < -0.3 is 19.6 Å². The minimum absolute atomic E-state index is 0. The number of halogens is 5. The maximum absolute atomic E-state index is 13.3. The van der Waals surface area contributed by atoms with Crippen molar-refractivity contribution in [2.45, 2.75) is 56.4 Å². The summed E-state index contributed by atoms with van der Waals surface area (Å²) >= 11 is 0. The Kier molecular flexibility index (Phi) is 11.4. The first-order valence-corrected chi connectivity index (χ1v) is 12.3. The molecule has 0 aromatic heterocycles. The molecular weight excluding hydrogens is 512 g/mol. The minimum atomic E-state index is -4.41. The Bertz CT molecular complexity index is 929. The fourth-order valence-corrected chi connectivity index (χ4v) is 5.27. The van der Waals surface area contributed by atoms with Crippen molar-refractivity contribution in [2.75, 3.05) is 39.8 Å². The van der Waals surface area contributed by atoms with E-state index in [1.807, 2.05) is 24.3 Å². The highest BCUT2D eigenvalue weighted by molar-refractivity contribution is 5.85. The van der Waals surface area contributed by atoms with E-state index in [1.165, 1.54) is 12.1 Å². The zero-order valence-electron chi connectivity index (χ0n) is 20.7. The van der Waals surface area contributed by atoms with Crippen LogP contribution in [-0.2, 0) is 12.8 Å². The predicted molar refractivity (Wildman–Crippen MR) is 141 cm³/mol. The third-order valence-corrected chi connectivity index (χ3v) is 7.40. The van der Waals surface area contributed by atoms with Gasteiger partial charge in [0.1, 0.15) is 12.4 Å². The summed E-state index contributed by atoms with van der Waals surface area (Å²) in [5.74, 6) is 0.519. The summed E-state index contributed by atoms with van der Waals surface area (Å²) < 4.78 is 45.5. The molecule has 0 bridgehead atoms. The van der Waals surface area contributed by atoms with Crippen LogP contribution in [0.5, 0.6) is 5.75 Å². The number of ether oxygens (including phenoxy) is 1. The number of hydrogen-bond acceptors (Lipinski definition) is 4. The quantitative estimate of drug-likeness (QED) is 0.449. The molecule has 36 heavy (non-hydrogen) atoms. The van der Waals surface area contributed by atoms with E-state index in [1.54, 1.807) is 6.07 Å². The van der Waals surface area contributed by atoms with Crippen molar-refractivity contribution in [3.63, 3.8) is 0 Å². The second kappa shape index (κ2) is 13.3. The standard InChI is InChI=1S/C27H35F3N2O2.2ClH/c1-31-15-17-32(18-16-31)19-25(26(33)13-5-2-6-14-26)21-9-11-23(12-10-21)34-20-22-7-3-4-8-24(22)27(28,29)30;;/h3-4,7-12,25,33H,2,5-6,13-20H2,1H3;2*1H. The van der Waals surface area contributed by atoms with Crippen molar-refractivity contribution in [3.05, 3.63) is 65.2 Å². The number of rotatable bonds is 7. The number of piperazine rings is 1. The molecule has 2 fully saturated rings. The van der Waals surface area contributed by atoms with Crippen LogP contribution in [0.1, 0.15) is 54.7 Å². The second-order valence-corrected chi connectivity index (χ2v) is 9.83. The van der Waals surface area contributed by atoms with Gasteiger partial charge in [-0.1, -0.05) is 49.6 Å². The van der Waals surface area contributed by atoms with Gasteiger partial charge in [-0.25, -0.2) is 0 Å². The fraction of sp³-hybridized carbons (Fsp3) is 0.556. The van der Waals surface area contributed by atoms with Gasteiger partial charge in [0.25, 0.3) is 0 Å². The lowest BCUT2D eigenvalue weighted by molar-refractivity contribution is -0.138. The van der Waals surface area contributed by atoms with E-state index in [-0.39, 0.29) is 42.9 Å². The summed E-state index contributed by atoms with van der Waals surface area (Å²) in [6, 6.07) is 13.1. The Balaban J connectivity index is 0.00000228. The lowest BCUT2D eigenvalue weighted by Crippen LogP contribution is -2.50. The molecule has 2 aromatic carbocycles. The number of likely N-dealkylation sites (N-methyl/N-ethyl adjacent to an activating group) is 1. The summed E-state index contributed by atoms with van der Waals surface area (Å²) in [6.45, 7) is 4.69. The first-order chi connectivity index (χ1) is 16.2. The molecule has 2 aliphatic rings. The van der Waals surface area contributed by atoms with Crippen LogP contribution in [0.15, 0.2) is 48.5 Å². The van der Waals surface area contributed by atoms with E-state index < -0.39 is 17.3 Å². The largest absolute Gasteiger partial charge is 0.489 e. The van der Waals surface area contributed by atoms with Crippen LogP contribution in [0, 0.1) is 0 Å². The van der Waals surface area contributed by atoms with Gasteiger partial charge >= 0.3 is 6.18 Å². The predicted octanol–water partition coefficient (Wildman–Crippen LogP) is 6.15. The normalized spacial score (nSPS) is 19.6. The van der Waals surface area contributed by atoms with Crippen LogP contribution in [-0.4, -0.2) is 60.3 Å². The monoisotopic (exact) mass is 548 g/mol. The van der Waals surface area contributed by atoms with E-state index in [0.29, 0.717) is 5.75 Å². The van der Waals surface area contributed by atoms with Crippen molar-refractivity contribution < 1.29 is 23.0 Å². The smallest absolute Gasteiger partial charge is 0.416 e. The molecule has 1 aliphatic heterocycles. The Morgan fingerprint density at radius 2 is 1.53 bits per heavy atom. The zero-order chi connectivity index (χ0) is 24.2. The van der Waals surface area contributed by atoms with Crippen LogP contribution in [0.25, 0.3) is 0 Å². The van der Waals surface area contributed by atoms with Crippen LogP contribution >= 0.6 is 24.8 Å². The first-order valence-electron chi connectivity index (χ1n) is 12.3. The second-order valence-electron chi connectivity index (χ2n) is 9.83. The van der Waals surface area contributed by atoms with Gasteiger partial charge in [-0.2, -0.15) is 13.2 Å². The van der Waals surface area contributed by atoms with Gasteiger partial charge in [0.15, 0.2) is 0 Å². The van der Waals surface area contributed by atoms with Gasteiger partial charge in [-0.3, -0.25) is 0 Å². The number of alkyl halides is 3. The molecule has 0 spiro atoms. The molecule has 1 N–H and O–H groups in total. The summed E-state index contributed by atoms with van der Waals surface area (Å²) in [7, 11) is 2.13. The number of benzene rings is 2. The molecule has 1 saturated heterocycles. The topological polar surface area (TPSA) is 35.9 Å². The Hall–Kier alpha value is -1.51. The van der Waals surface area contributed by atoms with Crippen molar-refractivity contribution in [3.8, 4) is 5.75 Å². The molecule has 1 unspecified atom stereocenters. The van der Waals surface area contributed by atoms with Crippen LogP contribution in [0.2, 0.25) is 0 Å². The lowest BCUT2D eigenvalue weighted by atomic mass is 9.72. The SMILES string of the molecule is CN1CCN(CC(c2ccc(OCc3ccccc3C(F)(F)F)cc2)C2(O)CCCCC2)CC1.Cl.Cl. The molecule has 1 atom stereocenters. The third kappa shape index (κ3) is 7.75. The highest BCUT2D eigenvalue weighted by atomic mass is 35.5. The van der Waals surface area contributed by atoms with Gasteiger partial charge in [-0.05, 0) is 43.7 Å². The first kappa shape index (κ1) is 30.7. The van der Waals surface area contributed by atoms with Gasteiger partial charge in [0, 0.05) is 44.2 Å². The zero-order valence-corrected chi connectivity index (χ0v) is 22.3. The molecule has 4 nitrogen and oxygen atoms in total. The Morgan fingerprint density at radius 1 is 0.917 bits per heavy atom. The highest BCUT2D eigenvalue weighted by Crippen LogP contribution is 2.41. The molecule has 1 heterocycles. The maximum atomic E-state index is 13.3. The van der Waals surface area contributed by atoms with Gasteiger partial charge in [0.05, 0.1) is 11.2 Å². The number of hydrogen-bond donors (Lipinski definition) is 1. The van der Waals surface area contributed by atoms with Gasteiger partial charge in [0.2, 0.25) is 0 Å². The van der Waals surface area contributed by atoms with Crippen LogP contribution in [0.4, 0.5) is 13.2 Å². The molecule has 0 amide bonds. The third-order valence-electron chi connectivity index (χ3n) is 7.40. The van der Waals surface area contributed by atoms with Crippen molar-refractivity contribution in [2.24, 2.45) is 0 Å². The average molecular weight is 550 g/mol. The van der Waals surface area contributed by atoms with Crippen LogP contribution in [0.3, 0.4) is 0 Å². The van der Waals surface area contributed by atoms with Crippen molar-refractivity contribution >= 4 is 24.8 Å².